The second kappa shape index (κ2) is 5.98. The van der Waals surface area contributed by atoms with E-state index in [4.69, 9.17) is 13.7 Å². The molecule has 136 valence electrons. The molecule has 0 aromatic heterocycles. The molecule has 8 heteroatoms. The predicted octanol–water partition coefficient (Wildman–Crippen LogP) is 1.40. The lowest BCUT2D eigenvalue weighted by molar-refractivity contribution is -0.171. The van der Waals surface area contributed by atoms with Gasteiger partial charge in [-0.15, -0.1) is 0 Å². The molecule has 5 atom stereocenters. The van der Waals surface area contributed by atoms with E-state index in [0.717, 1.165) is 6.42 Å². The largest absolute Gasteiger partial charge is 0.457 e. The van der Waals surface area contributed by atoms with E-state index in [1.165, 1.54) is 0 Å². The molecule has 1 aliphatic heterocycles. The molecular weight excluding hydrogens is 336 g/mol. The second-order valence-corrected chi connectivity index (χ2v) is 9.44. The Labute approximate surface area is 142 Å². The fourth-order valence-electron chi connectivity index (χ4n) is 4.28. The topological polar surface area (TPSA) is 96.0 Å². The van der Waals surface area contributed by atoms with E-state index < -0.39 is 51.5 Å². The first-order valence-electron chi connectivity index (χ1n) is 8.44. The zero-order chi connectivity index (χ0) is 17.7. The van der Waals surface area contributed by atoms with Crippen LogP contribution in [0.5, 0.6) is 0 Å². The molecule has 0 aromatic carbocycles. The van der Waals surface area contributed by atoms with Crippen LogP contribution in [-0.2, 0) is 33.4 Å². The third-order valence-corrected chi connectivity index (χ3v) is 7.20. The summed E-state index contributed by atoms with van der Waals surface area (Å²) in [6.45, 7) is 5.07. The van der Waals surface area contributed by atoms with Gasteiger partial charge in [0.05, 0.1) is 10.7 Å². The number of hydrogen-bond acceptors (Lipinski definition) is 7. The molecule has 2 bridgehead atoms. The van der Waals surface area contributed by atoms with Gasteiger partial charge in [-0.05, 0) is 33.1 Å². The van der Waals surface area contributed by atoms with Crippen LogP contribution in [0, 0.1) is 17.3 Å². The van der Waals surface area contributed by atoms with Gasteiger partial charge in [0.1, 0.15) is 12.2 Å². The van der Waals surface area contributed by atoms with Crippen molar-refractivity contribution in [1.29, 1.82) is 0 Å². The maximum Gasteiger partial charge on any atom is 0.344 e. The van der Waals surface area contributed by atoms with Gasteiger partial charge in [-0.1, -0.05) is 13.3 Å². The highest BCUT2D eigenvalue weighted by Gasteiger charge is 2.65. The molecule has 2 saturated carbocycles. The van der Waals surface area contributed by atoms with E-state index >= 15 is 0 Å². The van der Waals surface area contributed by atoms with E-state index in [0.29, 0.717) is 19.3 Å². The number of hydrogen-bond donors (Lipinski definition) is 0. The van der Waals surface area contributed by atoms with E-state index in [9.17, 15) is 18.0 Å². The average Bonchev–Trinajstić information content (AvgIpc) is 3.09. The smallest absolute Gasteiger partial charge is 0.344 e. The Morgan fingerprint density at radius 2 is 1.96 bits per heavy atom. The minimum Gasteiger partial charge on any atom is -0.457 e. The van der Waals surface area contributed by atoms with Crippen molar-refractivity contribution in [2.45, 2.75) is 63.9 Å². The Morgan fingerprint density at radius 3 is 2.62 bits per heavy atom. The minimum absolute atomic E-state index is 0.0125. The normalized spacial score (nSPS) is 35.9. The highest BCUT2D eigenvalue weighted by molar-refractivity contribution is 7.87. The van der Waals surface area contributed by atoms with Gasteiger partial charge in [0.2, 0.25) is 0 Å². The lowest BCUT2D eigenvalue weighted by atomic mass is 9.88. The van der Waals surface area contributed by atoms with Crippen molar-refractivity contribution in [2.24, 2.45) is 17.3 Å². The van der Waals surface area contributed by atoms with E-state index in [1.807, 2.05) is 6.92 Å². The molecule has 0 spiro atoms. The number of carbonyl (C=O) groups is 2. The molecule has 3 rings (SSSR count). The molecule has 0 radical (unpaired) electrons. The highest BCUT2D eigenvalue weighted by atomic mass is 32.2. The summed E-state index contributed by atoms with van der Waals surface area (Å²) in [4.78, 5) is 24.0. The monoisotopic (exact) mass is 360 g/mol. The van der Waals surface area contributed by atoms with Crippen LogP contribution in [0.3, 0.4) is 0 Å². The van der Waals surface area contributed by atoms with E-state index in [2.05, 4.69) is 0 Å². The zero-order valence-corrected chi connectivity index (χ0v) is 15.0. The van der Waals surface area contributed by atoms with Gasteiger partial charge >= 0.3 is 11.9 Å². The van der Waals surface area contributed by atoms with Gasteiger partial charge < -0.3 is 9.47 Å². The molecule has 2 aliphatic carbocycles. The van der Waals surface area contributed by atoms with Gasteiger partial charge in [-0.3, -0.25) is 8.98 Å². The Bertz CT molecular complexity index is 639. The van der Waals surface area contributed by atoms with Crippen molar-refractivity contribution in [1.82, 2.24) is 0 Å². The molecule has 0 aromatic rings. The third kappa shape index (κ3) is 2.94. The summed E-state index contributed by atoms with van der Waals surface area (Å²) in [6.07, 6.45) is 1.56. The lowest BCUT2D eigenvalue weighted by Crippen LogP contribution is -2.38. The zero-order valence-electron chi connectivity index (χ0n) is 14.2. The van der Waals surface area contributed by atoms with Crippen molar-refractivity contribution in [3.63, 3.8) is 0 Å². The fourth-order valence-corrected chi connectivity index (χ4v) is 6.16. The number of rotatable bonds is 6. The van der Waals surface area contributed by atoms with Crippen molar-refractivity contribution < 1.29 is 31.7 Å². The maximum atomic E-state index is 12.0. The van der Waals surface area contributed by atoms with Crippen LogP contribution in [-0.4, -0.2) is 44.4 Å². The van der Waals surface area contributed by atoms with E-state index in [1.54, 1.807) is 13.8 Å². The van der Waals surface area contributed by atoms with Crippen LogP contribution in [0.25, 0.3) is 0 Å². The number of fused-ring (bicyclic) bond motifs is 1. The number of esters is 2. The van der Waals surface area contributed by atoms with E-state index in [-0.39, 0.29) is 11.8 Å². The van der Waals surface area contributed by atoms with Crippen LogP contribution in [0.1, 0.15) is 46.5 Å². The summed E-state index contributed by atoms with van der Waals surface area (Å²) in [5, 5.41) is -0.449. The summed E-state index contributed by atoms with van der Waals surface area (Å²) in [5.41, 5.74) is -0.642. The van der Waals surface area contributed by atoms with Gasteiger partial charge in [0, 0.05) is 11.8 Å². The molecule has 0 N–H and O–H groups in total. The summed E-state index contributed by atoms with van der Waals surface area (Å²) in [7, 11) is -3.53. The standard InChI is InChI=1S/C16H24O7S/c1-4-5-16(2,3)15(18)21-8-12(17)22-13-9-6-10-11(7-9)24(19,20)23-14(10)13/h9-11,13-14H,4-8H2,1-3H3. The first-order valence-corrected chi connectivity index (χ1v) is 9.91. The van der Waals surface area contributed by atoms with Crippen molar-refractivity contribution in [3.8, 4) is 0 Å². The molecule has 1 saturated heterocycles. The predicted molar refractivity (Wildman–Crippen MR) is 83.3 cm³/mol. The molecule has 7 nitrogen and oxygen atoms in total. The number of ether oxygens (including phenoxy) is 2. The first-order chi connectivity index (χ1) is 11.2. The first kappa shape index (κ1) is 17.7. The summed E-state index contributed by atoms with van der Waals surface area (Å²) < 4.78 is 39.3. The third-order valence-electron chi connectivity index (χ3n) is 5.43. The van der Waals surface area contributed by atoms with Gasteiger partial charge in [0.15, 0.2) is 6.61 Å². The fraction of sp³-hybridized carbons (Fsp3) is 0.875. The van der Waals surface area contributed by atoms with Gasteiger partial charge in [-0.2, -0.15) is 8.42 Å². The Hall–Kier alpha value is -1.15. The number of carbonyl (C=O) groups excluding carboxylic acids is 2. The van der Waals surface area contributed by atoms with Crippen molar-refractivity contribution >= 4 is 22.1 Å². The second-order valence-electron chi connectivity index (χ2n) is 7.65. The Kier molecular flexibility index (Phi) is 4.40. The molecule has 3 aliphatic rings. The van der Waals surface area contributed by atoms with Crippen LogP contribution in [0.15, 0.2) is 0 Å². The summed E-state index contributed by atoms with van der Waals surface area (Å²) in [6, 6.07) is 0. The van der Waals surface area contributed by atoms with Crippen molar-refractivity contribution in [3.05, 3.63) is 0 Å². The summed E-state index contributed by atoms with van der Waals surface area (Å²) in [5.74, 6) is -1.16. The lowest BCUT2D eigenvalue weighted by Gasteiger charge is -2.25. The van der Waals surface area contributed by atoms with Crippen LogP contribution < -0.4 is 0 Å². The molecular formula is C16H24O7S. The molecule has 3 fully saturated rings. The molecule has 1 heterocycles. The molecule has 5 unspecified atom stereocenters. The van der Waals surface area contributed by atoms with Gasteiger partial charge in [0.25, 0.3) is 10.1 Å². The summed E-state index contributed by atoms with van der Waals surface area (Å²) >= 11 is 0. The molecule has 0 amide bonds. The Balaban J connectivity index is 1.53. The quantitative estimate of drug-likeness (QED) is 0.522. The van der Waals surface area contributed by atoms with Crippen LogP contribution in [0.4, 0.5) is 0 Å². The SMILES string of the molecule is CCCC(C)(C)C(=O)OCC(=O)OC1C2CC3C1OS(=O)(=O)C3C2. The Morgan fingerprint density at radius 1 is 1.25 bits per heavy atom. The van der Waals surface area contributed by atoms with Gasteiger partial charge in [-0.25, -0.2) is 4.79 Å². The minimum atomic E-state index is -3.53. The van der Waals surface area contributed by atoms with Crippen LogP contribution >= 0.6 is 0 Å². The van der Waals surface area contributed by atoms with Crippen molar-refractivity contribution in [2.75, 3.05) is 6.61 Å². The molecule has 24 heavy (non-hydrogen) atoms. The highest BCUT2D eigenvalue weighted by Crippen LogP contribution is 2.55. The maximum absolute atomic E-state index is 12.0. The van der Waals surface area contributed by atoms with Crippen LogP contribution in [0.2, 0.25) is 0 Å². The average molecular weight is 360 g/mol.